The maximum atomic E-state index is 11.7. The molecule has 0 fully saturated rings. The average molecular weight is 177 g/mol. The molecule has 0 aliphatic heterocycles. The van der Waals surface area contributed by atoms with Crippen LogP contribution in [0.4, 0.5) is 8.78 Å². The number of hydrogen-bond donors (Lipinski definition) is 1. The van der Waals surface area contributed by atoms with Gasteiger partial charge in [0.05, 0.1) is 5.70 Å². The van der Waals surface area contributed by atoms with Gasteiger partial charge in [-0.05, 0) is 0 Å². The number of allylic oxidation sites excluding steroid dienone is 1. The monoisotopic (exact) mass is 177 g/mol. The molecule has 68 valence electrons. The summed E-state index contributed by atoms with van der Waals surface area (Å²) in [5.41, 5.74) is 3.97. The molecule has 0 aromatic carbocycles. The Hall–Kier alpha value is -1.39. The molecule has 3 nitrogen and oxygen atoms in total. The molecule has 0 saturated carbocycles. The van der Waals surface area contributed by atoms with Crippen LogP contribution in [0, 0.1) is 0 Å². The van der Waals surface area contributed by atoms with Gasteiger partial charge >= 0.3 is 5.97 Å². The molecule has 0 unspecified atom stereocenters. The molecule has 0 bridgehead atoms. The van der Waals surface area contributed by atoms with Crippen LogP contribution in [-0.4, -0.2) is 19.0 Å². The average Bonchev–Trinajstić information content (AvgIpc) is 2.00. The van der Waals surface area contributed by atoms with Crippen LogP contribution in [0.25, 0.3) is 0 Å². The number of halogens is 2. The van der Waals surface area contributed by atoms with Gasteiger partial charge in [-0.1, -0.05) is 12.7 Å². The Labute approximate surface area is 68.5 Å². The molecule has 0 aliphatic carbocycles. The molecule has 12 heavy (non-hydrogen) atoms. The first kappa shape index (κ1) is 10.6. The van der Waals surface area contributed by atoms with Gasteiger partial charge in [-0.2, -0.15) is 0 Å². The van der Waals surface area contributed by atoms with E-state index in [1.54, 1.807) is 0 Å². The predicted molar refractivity (Wildman–Crippen MR) is 39.4 cm³/mol. The Bertz CT molecular complexity index is 202. The Morgan fingerprint density at radius 3 is 2.67 bits per heavy atom. The van der Waals surface area contributed by atoms with Gasteiger partial charge in [-0.25, -0.2) is 13.6 Å². The SMILES string of the molecule is C=CCOC(=O)C=C(N)C(F)F. The van der Waals surface area contributed by atoms with Gasteiger partial charge in [-0.15, -0.1) is 0 Å². The Morgan fingerprint density at radius 2 is 2.25 bits per heavy atom. The van der Waals surface area contributed by atoms with Gasteiger partial charge in [0.2, 0.25) is 0 Å². The third-order valence-electron chi connectivity index (χ3n) is 0.880. The summed E-state index contributed by atoms with van der Waals surface area (Å²) in [6, 6.07) is 0. The smallest absolute Gasteiger partial charge is 0.333 e. The van der Waals surface area contributed by atoms with Gasteiger partial charge in [0.25, 0.3) is 6.43 Å². The third kappa shape index (κ3) is 4.43. The first-order valence-corrected chi connectivity index (χ1v) is 3.10. The van der Waals surface area contributed by atoms with Crippen molar-refractivity contribution in [3.63, 3.8) is 0 Å². The fourth-order valence-corrected chi connectivity index (χ4v) is 0.382. The minimum atomic E-state index is -2.83. The van der Waals surface area contributed by atoms with E-state index in [9.17, 15) is 13.6 Å². The van der Waals surface area contributed by atoms with E-state index >= 15 is 0 Å². The summed E-state index contributed by atoms with van der Waals surface area (Å²) in [5, 5.41) is 0. The number of rotatable bonds is 4. The van der Waals surface area contributed by atoms with E-state index in [0.29, 0.717) is 6.08 Å². The number of nitrogens with two attached hydrogens (primary N) is 1. The molecule has 0 amide bonds. The zero-order chi connectivity index (χ0) is 9.56. The highest BCUT2D eigenvalue weighted by molar-refractivity contribution is 5.82. The van der Waals surface area contributed by atoms with Gasteiger partial charge in [0.15, 0.2) is 0 Å². The molecular formula is C7H9F2NO2. The van der Waals surface area contributed by atoms with E-state index in [2.05, 4.69) is 11.3 Å². The topological polar surface area (TPSA) is 52.3 Å². The van der Waals surface area contributed by atoms with Crippen molar-refractivity contribution in [3.05, 3.63) is 24.4 Å². The van der Waals surface area contributed by atoms with Crippen molar-refractivity contribution >= 4 is 5.97 Å². The highest BCUT2D eigenvalue weighted by Crippen LogP contribution is 2.01. The lowest BCUT2D eigenvalue weighted by atomic mass is 10.4. The highest BCUT2D eigenvalue weighted by atomic mass is 19.3. The van der Waals surface area contributed by atoms with Crippen LogP contribution in [0.1, 0.15) is 0 Å². The van der Waals surface area contributed by atoms with Crippen molar-refractivity contribution in [1.29, 1.82) is 0 Å². The Kier molecular flexibility index (Phi) is 4.67. The van der Waals surface area contributed by atoms with Crippen LogP contribution >= 0.6 is 0 Å². The van der Waals surface area contributed by atoms with Gasteiger partial charge < -0.3 is 10.5 Å². The van der Waals surface area contributed by atoms with Crippen LogP contribution in [0.3, 0.4) is 0 Å². The van der Waals surface area contributed by atoms with Crippen LogP contribution in [0.15, 0.2) is 24.4 Å². The summed E-state index contributed by atoms with van der Waals surface area (Å²) in [7, 11) is 0. The molecule has 0 aliphatic rings. The minimum absolute atomic E-state index is 0.0220. The lowest BCUT2D eigenvalue weighted by molar-refractivity contribution is -0.136. The highest BCUT2D eigenvalue weighted by Gasteiger charge is 2.08. The number of ether oxygens (including phenoxy) is 1. The van der Waals surface area contributed by atoms with Crippen molar-refractivity contribution in [2.75, 3.05) is 6.61 Å². The molecule has 0 radical (unpaired) electrons. The van der Waals surface area contributed by atoms with Gasteiger partial charge in [0.1, 0.15) is 6.61 Å². The maximum Gasteiger partial charge on any atom is 0.333 e. The van der Waals surface area contributed by atoms with Crippen LogP contribution in [-0.2, 0) is 9.53 Å². The molecule has 0 spiro atoms. The van der Waals surface area contributed by atoms with E-state index in [1.165, 1.54) is 6.08 Å². The summed E-state index contributed by atoms with van der Waals surface area (Å²) in [5.74, 6) is -0.896. The molecule has 0 atom stereocenters. The lowest BCUT2D eigenvalue weighted by Crippen LogP contribution is -2.11. The quantitative estimate of drug-likeness (QED) is 0.393. The normalized spacial score (nSPS) is 11.4. The molecule has 0 aromatic rings. The van der Waals surface area contributed by atoms with Crippen molar-refractivity contribution in [2.24, 2.45) is 5.73 Å². The zero-order valence-electron chi connectivity index (χ0n) is 6.30. The van der Waals surface area contributed by atoms with E-state index in [0.717, 1.165) is 0 Å². The molecule has 0 saturated heterocycles. The standard InChI is InChI=1S/C7H9F2NO2/c1-2-3-12-6(11)4-5(10)7(8)9/h2,4,7H,1,3,10H2. The number of carbonyl (C=O) groups excluding carboxylic acids is 1. The molecule has 0 rings (SSSR count). The summed E-state index contributed by atoms with van der Waals surface area (Å²) >= 11 is 0. The van der Waals surface area contributed by atoms with E-state index in [1.807, 2.05) is 0 Å². The second kappa shape index (κ2) is 5.29. The maximum absolute atomic E-state index is 11.7. The van der Waals surface area contributed by atoms with Crippen LogP contribution in [0.5, 0.6) is 0 Å². The van der Waals surface area contributed by atoms with Crippen molar-refractivity contribution in [2.45, 2.75) is 6.43 Å². The minimum Gasteiger partial charge on any atom is -0.458 e. The van der Waals surface area contributed by atoms with Gasteiger partial charge in [-0.3, -0.25) is 0 Å². The first-order valence-electron chi connectivity index (χ1n) is 3.10. The van der Waals surface area contributed by atoms with E-state index in [4.69, 9.17) is 5.73 Å². The van der Waals surface area contributed by atoms with Crippen LogP contribution < -0.4 is 5.73 Å². The van der Waals surface area contributed by atoms with Crippen molar-refractivity contribution in [3.8, 4) is 0 Å². The number of alkyl halides is 2. The zero-order valence-corrected chi connectivity index (χ0v) is 6.30. The molecular weight excluding hydrogens is 168 g/mol. The first-order chi connectivity index (χ1) is 5.57. The summed E-state index contributed by atoms with van der Waals surface area (Å²) in [6.07, 6.45) is -0.959. The summed E-state index contributed by atoms with van der Waals surface area (Å²) in [4.78, 5) is 10.6. The molecule has 5 heteroatoms. The third-order valence-corrected chi connectivity index (χ3v) is 0.880. The fourth-order valence-electron chi connectivity index (χ4n) is 0.382. The van der Waals surface area contributed by atoms with E-state index < -0.39 is 18.1 Å². The largest absolute Gasteiger partial charge is 0.458 e. The molecule has 0 aromatic heterocycles. The number of hydrogen-bond acceptors (Lipinski definition) is 3. The second-order valence-electron chi connectivity index (χ2n) is 1.86. The molecule has 0 heterocycles. The van der Waals surface area contributed by atoms with Crippen molar-refractivity contribution in [1.82, 2.24) is 0 Å². The van der Waals surface area contributed by atoms with Crippen molar-refractivity contribution < 1.29 is 18.3 Å². The van der Waals surface area contributed by atoms with Crippen LogP contribution in [0.2, 0.25) is 0 Å². The Balaban J connectivity index is 3.96. The summed E-state index contributed by atoms with van der Waals surface area (Å²) < 4.78 is 27.7. The number of carbonyl (C=O) groups is 1. The predicted octanol–water partition coefficient (Wildman–Crippen LogP) is 0.823. The van der Waals surface area contributed by atoms with Gasteiger partial charge in [0, 0.05) is 6.08 Å². The second-order valence-corrected chi connectivity index (χ2v) is 1.86. The Morgan fingerprint density at radius 1 is 1.67 bits per heavy atom. The van der Waals surface area contributed by atoms with E-state index in [-0.39, 0.29) is 6.61 Å². The molecule has 2 N–H and O–H groups in total. The number of esters is 1. The fraction of sp³-hybridized carbons (Fsp3) is 0.286. The lowest BCUT2D eigenvalue weighted by Gasteiger charge is -1.99. The summed E-state index contributed by atoms with van der Waals surface area (Å²) in [6.45, 7) is 3.25.